The lowest BCUT2D eigenvalue weighted by Crippen LogP contribution is -2.47. The highest BCUT2D eigenvalue weighted by atomic mass is 32.2. The number of hydrogen-bond acceptors (Lipinski definition) is 2. The van der Waals surface area contributed by atoms with Crippen LogP contribution in [0, 0.1) is 5.82 Å². The van der Waals surface area contributed by atoms with Gasteiger partial charge in [-0.3, -0.25) is 4.79 Å². The van der Waals surface area contributed by atoms with Gasteiger partial charge in [-0.1, -0.05) is 18.2 Å². The summed E-state index contributed by atoms with van der Waals surface area (Å²) in [5.74, 6) is -1.61. The first-order valence-corrected chi connectivity index (χ1v) is 7.38. The smallest absolute Gasteiger partial charge is 0.305 e. The molecule has 0 aliphatic carbocycles. The van der Waals surface area contributed by atoms with Crippen molar-refractivity contribution in [2.24, 2.45) is 0 Å². The van der Waals surface area contributed by atoms with Crippen LogP contribution in [0.3, 0.4) is 0 Å². The van der Waals surface area contributed by atoms with E-state index in [-0.39, 0.29) is 12.0 Å². The molecule has 20 heavy (non-hydrogen) atoms. The van der Waals surface area contributed by atoms with Crippen LogP contribution in [0.25, 0.3) is 0 Å². The molecular formula is C14H20FNO3S. The second-order valence-corrected chi connectivity index (χ2v) is 7.83. The van der Waals surface area contributed by atoms with Gasteiger partial charge in [0.15, 0.2) is 0 Å². The molecule has 0 saturated heterocycles. The number of carboxylic acid groups (broad SMARTS) is 1. The molecule has 1 aromatic rings. The quantitative estimate of drug-likeness (QED) is 0.878. The number of aliphatic carboxylic acids is 1. The molecule has 0 amide bonds. The number of benzene rings is 1. The Bertz CT molecular complexity index is 527. The van der Waals surface area contributed by atoms with Crippen LogP contribution in [0.5, 0.6) is 0 Å². The molecular weight excluding hydrogens is 281 g/mol. The predicted molar refractivity (Wildman–Crippen MR) is 77.0 cm³/mol. The van der Waals surface area contributed by atoms with Gasteiger partial charge in [-0.05, 0) is 33.8 Å². The summed E-state index contributed by atoms with van der Waals surface area (Å²) < 4.78 is 28.4. The Kier molecular flexibility index (Phi) is 5.05. The topological polar surface area (TPSA) is 66.4 Å². The van der Waals surface area contributed by atoms with Crippen molar-refractivity contribution in [1.82, 2.24) is 4.72 Å². The minimum absolute atomic E-state index is 0.194. The van der Waals surface area contributed by atoms with Gasteiger partial charge in [-0.25, -0.2) is 13.3 Å². The molecule has 0 aliphatic rings. The van der Waals surface area contributed by atoms with Gasteiger partial charge in [0.25, 0.3) is 0 Å². The lowest BCUT2D eigenvalue weighted by Gasteiger charge is -2.32. The van der Waals surface area contributed by atoms with Crippen molar-refractivity contribution >= 4 is 17.0 Å². The van der Waals surface area contributed by atoms with Gasteiger partial charge in [-0.2, -0.15) is 0 Å². The molecule has 0 unspecified atom stereocenters. The van der Waals surface area contributed by atoms with Crippen molar-refractivity contribution in [2.45, 2.75) is 44.4 Å². The number of rotatable bonds is 5. The second kappa shape index (κ2) is 6.01. The molecule has 1 rings (SSSR count). The van der Waals surface area contributed by atoms with Crippen LogP contribution in [0.2, 0.25) is 0 Å². The third kappa shape index (κ3) is 4.11. The molecule has 0 spiro atoms. The van der Waals surface area contributed by atoms with E-state index < -0.39 is 33.1 Å². The van der Waals surface area contributed by atoms with Crippen molar-refractivity contribution in [3.8, 4) is 0 Å². The van der Waals surface area contributed by atoms with Gasteiger partial charge < -0.3 is 5.11 Å². The van der Waals surface area contributed by atoms with Crippen molar-refractivity contribution in [1.29, 1.82) is 0 Å². The van der Waals surface area contributed by atoms with Crippen LogP contribution < -0.4 is 4.72 Å². The van der Waals surface area contributed by atoms with Gasteiger partial charge >= 0.3 is 5.97 Å². The Morgan fingerprint density at radius 3 is 2.30 bits per heavy atom. The lowest BCUT2D eigenvalue weighted by molar-refractivity contribution is -0.138. The van der Waals surface area contributed by atoms with E-state index in [4.69, 9.17) is 5.11 Å². The Hall–Kier alpha value is -1.27. The zero-order valence-corrected chi connectivity index (χ0v) is 12.9. The highest BCUT2D eigenvalue weighted by molar-refractivity contribution is 7.84. The van der Waals surface area contributed by atoms with Crippen LogP contribution in [0.4, 0.5) is 4.39 Å². The van der Waals surface area contributed by atoms with E-state index in [0.29, 0.717) is 0 Å². The summed E-state index contributed by atoms with van der Waals surface area (Å²) in [6.07, 6.45) is -0.365. The van der Waals surface area contributed by atoms with E-state index >= 15 is 0 Å². The number of carbonyl (C=O) groups is 1. The molecule has 0 radical (unpaired) electrons. The van der Waals surface area contributed by atoms with Crippen LogP contribution in [0.15, 0.2) is 24.3 Å². The molecule has 0 bridgehead atoms. The van der Waals surface area contributed by atoms with Gasteiger partial charge in [0, 0.05) is 5.56 Å². The van der Waals surface area contributed by atoms with Crippen LogP contribution in [-0.4, -0.2) is 20.0 Å². The van der Waals surface area contributed by atoms with E-state index in [1.807, 2.05) is 0 Å². The highest BCUT2D eigenvalue weighted by Gasteiger charge is 2.36. The normalized spacial score (nSPS) is 16.4. The fraction of sp³-hybridized carbons (Fsp3) is 0.500. The summed E-state index contributed by atoms with van der Waals surface area (Å²) in [5, 5.41) is 9.06. The van der Waals surface area contributed by atoms with Crippen molar-refractivity contribution in [3.63, 3.8) is 0 Å². The first kappa shape index (κ1) is 16.8. The van der Waals surface area contributed by atoms with E-state index in [1.165, 1.54) is 18.2 Å². The molecule has 0 saturated carbocycles. The number of carboxylic acids is 1. The zero-order valence-electron chi connectivity index (χ0n) is 12.1. The van der Waals surface area contributed by atoms with Gasteiger partial charge in [-0.15, -0.1) is 0 Å². The van der Waals surface area contributed by atoms with Gasteiger partial charge in [0.2, 0.25) is 0 Å². The standard InChI is InChI=1S/C14H20FNO3S/c1-13(2,3)20(19)16-14(4,9-12(17)18)10-7-5-6-8-11(10)15/h5-8,16H,9H2,1-4H3,(H,17,18)/t14-,20+/m1/s1. The summed E-state index contributed by atoms with van der Waals surface area (Å²) in [7, 11) is -1.51. The molecule has 2 N–H and O–H groups in total. The Morgan fingerprint density at radius 1 is 1.30 bits per heavy atom. The zero-order chi connectivity index (χ0) is 15.6. The summed E-state index contributed by atoms with van der Waals surface area (Å²) in [5.41, 5.74) is -1.05. The number of halogens is 1. The summed E-state index contributed by atoms with van der Waals surface area (Å²) in [6, 6.07) is 5.92. The molecule has 0 aliphatic heterocycles. The van der Waals surface area contributed by atoms with E-state index in [9.17, 15) is 13.4 Å². The summed E-state index contributed by atoms with van der Waals surface area (Å²) in [4.78, 5) is 11.1. The average molecular weight is 301 g/mol. The van der Waals surface area contributed by atoms with Crippen molar-refractivity contribution < 1.29 is 18.5 Å². The summed E-state index contributed by atoms with van der Waals surface area (Å²) >= 11 is 0. The Morgan fingerprint density at radius 2 is 1.85 bits per heavy atom. The highest BCUT2D eigenvalue weighted by Crippen LogP contribution is 2.29. The third-order valence-corrected chi connectivity index (χ3v) is 4.60. The maximum Gasteiger partial charge on any atom is 0.305 e. The third-order valence-electron chi connectivity index (χ3n) is 2.85. The first-order valence-electron chi connectivity index (χ1n) is 6.23. The maximum atomic E-state index is 14.0. The van der Waals surface area contributed by atoms with Gasteiger partial charge in [0.05, 0.1) is 27.7 Å². The van der Waals surface area contributed by atoms with E-state index in [1.54, 1.807) is 33.8 Å². The minimum atomic E-state index is -1.51. The van der Waals surface area contributed by atoms with Crippen LogP contribution in [0.1, 0.15) is 39.7 Å². The molecule has 6 heteroatoms. The monoisotopic (exact) mass is 301 g/mol. The SMILES string of the molecule is CC(C)(C)[S@](=O)N[C@](C)(CC(=O)O)c1ccccc1F. The fourth-order valence-electron chi connectivity index (χ4n) is 1.76. The largest absolute Gasteiger partial charge is 0.481 e. The number of hydrogen-bond donors (Lipinski definition) is 2. The molecule has 4 nitrogen and oxygen atoms in total. The molecule has 1 aromatic carbocycles. The molecule has 0 heterocycles. The predicted octanol–water partition coefficient (Wildman–Crippen LogP) is 2.57. The molecule has 112 valence electrons. The first-order chi connectivity index (χ1) is 9.06. The van der Waals surface area contributed by atoms with E-state index in [0.717, 1.165) is 0 Å². The van der Waals surface area contributed by atoms with Crippen LogP contribution in [-0.2, 0) is 21.3 Å². The molecule has 2 atom stereocenters. The second-order valence-electron chi connectivity index (χ2n) is 5.87. The van der Waals surface area contributed by atoms with Gasteiger partial charge in [0.1, 0.15) is 5.82 Å². The Balaban J connectivity index is 3.20. The minimum Gasteiger partial charge on any atom is -0.481 e. The lowest BCUT2D eigenvalue weighted by atomic mass is 9.89. The Labute approximate surface area is 121 Å². The maximum absolute atomic E-state index is 14.0. The molecule has 0 aromatic heterocycles. The van der Waals surface area contributed by atoms with Crippen molar-refractivity contribution in [2.75, 3.05) is 0 Å². The fourth-order valence-corrected chi connectivity index (χ4v) is 2.65. The van der Waals surface area contributed by atoms with Crippen LogP contribution >= 0.6 is 0 Å². The molecule has 0 fully saturated rings. The summed E-state index contributed by atoms with van der Waals surface area (Å²) in [6.45, 7) is 6.83. The number of nitrogens with one attached hydrogen (secondary N) is 1. The average Bonchev–Trinajstić information content (AvgIpc) is 2.26. The van der Waals surface area contributed by atoms with E-state index in [2.05, 4.69) is 4.72 Å². The van der Waals surface area contributed by atoms with Crippen molar-refractivity contribution in [3.05, 3.63) is 35.6 Å².